The zero-order valence-corrected chi connectivity index (χ0v) is 14.3. The predicted octanol–water partition coefficient (Wildman–Crippen LogP) is 1.83. The highest BCUT2D eigenvalue weighted by Gasteiger charge is 2.23. The van der Waals surface area contributed by atoms with Crippen LogP contribution in [0.5, 0.6) is 0 Å². The molecule has 2 aliphatic heterocycles. The van der Waals surface area contributed by atoms with Gasteiger partial charge >= 0.3 is 0 Å². The molecule has 25 heavy (non-hydrogen) atoms. The van der Waals surface area contributed by atoms with Crippen LogP contribution in [0.25, 0.3) is 0 Å². The summed E-state index contributed by atoms with van der Waals surface area (Å²) in [5, 5.41) is 7.22. The fourth-order valence-corrected chi connectivity index (χ4v) is 3.50. The van der Waals surface area contributed by atoms with Crippen molar-refractivity contribution in [1.29, 1.82) is 0 Å². The van der Waals surface area contributed by atoms with Gasteiger partial charge in [-0.15, -0.1) is 0 Å². The molecule has 0 spiro atoms. The number of hydrogen-bond acceptors (Lipinski definition) is 8. The van der Waals surface area contributed by atoms with Crippen molar-refractivity contribution in [2.75, 3.05) is 31.6 Å². The molecule has 0 bridgehead atoms. The minimum absolute atomic E-state index is 0.295. The van der Waals surface area contributed by atoms with E-state index in [0.717, 1.165) is 69.9 Å². The number of nitrogens with one attached hydrogen (secondary N) is 1. The van der Waals surface area contributed by atoms with Crippen LogP contribution in [-0.4, -0.2) is 57.4 Å². The van der Waals surface area contributed by atoms with E-state index in [4.69, 9.17) is 9.26 Å². The van der Waals surface area contributed by atoms with Crippen LogP contribution in [0.4, 0.5) is 5.95 Å². The molecular formula is C17H24N6O2. The molecule has 4 heterocycles. The van der Waals surface area contributed by atoms with Crippen LogP contribution >= 0.6 is 0 Å². The van der Waals surface area contributed by atoms with E-state index < -0.39 is 0 Å². The Kier molecular flexibility index (Phi) is 5.17. The Hall–Kier alpha value is -2.06. The quantitative estimate of drug-likeness (QED) is 0.849. The van der Waals surface area contributed by atoms with Crippen LogP contribution in [-0.2, 0) is 11.3 Å². The van der Waals surface area contributed by atoms with Crippen LogP contribution in [0.2, 0.25) is 0 Å². The molecule has 0 unspecified atom stereocenters. The molecule has 1 atom stereocenters. The number of anilines is 1. The van der Waals surface area contributed by atoms with Crippen LogP contribution in [0.1, 0.15) is 43.0 Å². The lowest BCUT2D eigenvalue weighted by atomic mass is 9.96. The number of likely N-dealkylation sites (tertiary alicyclic amines) is 1. The number of rotatable bonds is 6. The Morgan fingerprint density at radius 2 is 1.96 bits per heavy atom. The maximum Gasteiger partial charge on any atom is 0.222 e. The second-order valence-electron chi connectivity index (χ2n) is 6.77. The summed E-state index contributed by atoms with van der Waals surface area (Å²) >= 11 is 0. The van der Waals surface area contributed by atoms with Gasteiger partial charge in [0.15, 0.2) is 5.82 Å². The smallest absolute Gasteiger partial charge is 0.222 e. The number of piperidine rings is 1. The summed E-state index contributed by atoms with van der Waals surface area (Å²) in [4.78, 5) is 15.4. The van der Waals surface area contributed by atoms with E-state index in [0.29, 0.717) is 18.0 Å². The number of ether oxygens (including phenoxy) is 1. The first-order valence-corrected chi connectivity index (χ1v) is 9.02. The molecule has 2 aromatic rings. The molecule has 0 amide bonds. The minimum Gasteiger partial charge on any atom is -0.376 e. The maximum absolute atomic E-state index is 5.59. The summed E-state index contributed by atoms with van der Waals surface area (Å²) in [6.07, 6.45) is 9.91. The Morgan fingerprint density at radius 1 is 1.12 bits per heavy atom. The summed E-state index contributed by atoms with van der Waals surface area (Å²) in [5.74, 6) is 1.93. The molecule has 0 aromatic carbocycles. The van der Waals surface area contributed by atoms with E-state index in [-0.39, 0.29) is 0 Å². The van der Waals surface area contributed by atoms with E-state index in [9.17, 15) is 0 Å². The second-order valence-corrected chi connectivity index (χ2v) is 6.77. The van der Waals surface area contributed by atoms with Gasteiger partial charge in [0.2, 0.25) is 12.3 Å². The van der Waals surface area contributed by atoms with Gasteiger partial charge in [-0.3, -0.25) is 4.90 Å². The molecule has 0 saturated carbocycles. The van der Waals surface area contributed by atoms with Gasteiger partial charge < -0.3 is 14.6 Å². The summed E-state index contributed by atoms with van der Waals surface area (Å²) in [6, 6.07) is 0. The molecule has 2 fully saturated rings. The molecule has 0 radical (unpaired) electrons. The van der Waals surface area contributed by atoms with Gasteiger partial charge in [-0.2, -0.15) is 4.98 Å². The van der Waals surface area contributed by atoms with Crippen LogP contribution in [0, 0.1) is 0 Å². The Morgan fingerprint density at radius 3 is 2.64 bits per heavy atom. The number of aromatic nitrogens is 4. The van der Waals surface area contributed by atoms with Crippen molar-refractivity contribution in [3.8, 4) is 0 Å². The Balaban J connectivity index is 1.23. The summed E-state index contributed by atoms with van der Waals surface area (Å²) in [5.41, 5.74) is 1.14. The average molecular weight is 344 g/mol. The SMILES string of the molecule is c1nc(C2CCN(Cc3cnc(NC[C@@H]4CCCO4)nc3)CC2)no1. The highest BCUT2D eigenvalue weighted by Crippen LogP contribution is 2.26. The van der Waals surface area contributed by atoms with E-state index in [2.05, 4.69) is 30.3 Å². The third-order valence-corrected chi connectivity index (χ3v) is 4.95. The van der Waals surface area contributed by atoms with Crippen LogP contribution in [0.15, 0.2) is 23.3 Å². The van der Waals surface area contributed by atoms with Gasteiger partial charge in [-0.1, -0.05) is 5.16 Å². The largest absolute Gasteiger partial charge is 0.376 e. The molecule has 2 aromatic heterocycles. The maximum atomic E-state index is 5.59. The summed E-state index contributed by atoms with van der Waals surface area (Å²) in [7, 11) is 0. The van der Waals surface area contributed by atoms with E-state index in [1.807, 2.05) is 12.4 Å². The third-order valence-electron chi connectivity index (χ3n) is 4.95. The van der Waals surface area contributed by atoms with E-state index in [1.54, 1.807) is 0 Å². The molecule has 1 N–H and O–H groups in total. The third kappa shape index (κ3) is 4.32. The first-order chi connectivity index (χ1) is 12.4. The fraction of sp³-hybridized carbons (Fsp3) is 0.647. The Bertz CT molecular complexity index is 634. The van der Waals surface area contributed by atoms with Crippen molar-refractivity contribution in [3.05, 3.63) is 30.2 Å². The molecule has 134 valence electrons. The van der Waals surface area contributed by atoms with Crippen LogP contribution in [0.3, 0.4) is 0 Å². The van der Waals surface area contributed by atoms with Gasteiger partial charge in [0.25, 0.3) is 0 Å². The highest BCUT2D eigenvalue weighted by atomic mass is 16.5. The van der Waals surface area contributed by atoms with Crippen molar-refractivity contribution in [3.63, 3.8) is 0 Å². The average Bonchev–Trinajstić information content (AvgIpc) is 3.36. The number of nitrogens with zero attached hydrogens (tertiary/aromatic N) is 5. The number of hydrogen-bond donors (Lipinski definition) is 1. The van der Waals surface area contributed by atoms with E-state index in [1.165, 1.54) is 6.39 Å². The zero-order valence-electron chi connectivity index (χ0n) is 14.3. The van der Waals surface area contributed by atoms with Crippen molar-refractivity contribution < 1.29 is 9.26 Å². The zero-order chi connectivity index (χ0) is 16.9. The van der Waals surface area contributed by atoms with Crippen LogP contribution < -0.4 is 5.32 Å². The highest BCUT2D eigenvalue weighted by molar-refractivity contribution is 5.25. The van der Waals surface area contributed by atoms with Crippen molar-refractivity contribution in [2.24, 2.45) is 0 Å². The molecule has 2 saturated heterocycles. The fourth-order valence-electron chi connectivity index (χ4n) is 3.50. The molecule has 8 nitrogen and oxygen atoms in total. The second kappa shape index (κ2) is 7.88. The van der Waals surface area contributed by atoms with Crippen molar-refractivity contribution in [1.82, 2.24) is 25.0 Å². The topological polar surface area (TPSA) is 89.2 Å². The normalized spacial score (nSPS) is 22.3. The first-order valence-electron chi connectivity index (χ1n) is 9.02. The van der Waals surface area contributed by atoms with E-state index >= 15 is 0 Å². The van der Waals surface area contributed by atoms with Crippen molar-refractivity contribution >= 4 is 5.95 Å². The monoisotopic (exact) mass is 344 g/mol. The minimum atomic E-state index is 0.295. The Labute approximate surface area is 147 Å². The van der Waals surface area contributed by atoms with Gasteiger partial charge in [0, 0.05) is 43.6 Å². The molecular weight excluding hydrogens is 320 g/mol. The molecule has 4 rings (SSSR count). The lowest BCUT2D eigenvalue weighted by Crippen LogP contribution is -2.32. The van der Waals surface area contributed by atoms with Gasteiger partial charge in [0.05, 0.1) is 6.10 Å². The van der Waals surface area contributed by atoms with Gasteiger partial charge in [-0.25, -0.2) is 9.97 Å². The lowest BCUT2D eigenvalue weighted by Gasteiger charge is -2.30. The lowest BCUT2D eigenvalue weighted by molar-refractivity contribution is 0.120. The van der Waals surface area contributed by atoms with Gasteiger partial charge in [-0.05, 0) is 38.8 Å². The summed E-state index contributed by atoms with van der Waals surface area (Å²) < 4.78 is 10.4. The summed E-state index contributed by atoms with van der Waals surface area (Å²) in [6.45, 7) is 4.58. The molecule has 8 heteroatoms. The molecule has 0 aliphatic carbocycles. The van der Waals surface area contributed by atoms with Crippen molar-refractivity contribution in [2.45, 2.75) is 44.2 Å². The predicted molar refractivity (Wildman–Crippen MR) is 91.0 cm³/mol. The standard InChI is InChI=1S/C17H24N6O2/c1-2-15(24-7-1)10-20-17-18-8-13(9-19-17)11-23-5-3-14(4-6-23)16-21-12-25-22-16/h8-9,12,14-15H,1-7,10-11H2,(H,18,19,20)/t15-/m0/s1. The first kappa shape index (κ1) is 16.4. The van der Waals surface area contributed by atoms with Gasteiger partial charge in [0.1, 0.15) is 0 Å². The molecule has 2 aliphatic rings.